The summed E-state index contributed by atoms with van der Waals surface area (Å²) in [5.74, 6) is -3.88. The molecule has 1 aliphatic heterocycles. The molecule has 172 valence electrons. The highest BCUT2D eigenvalue weighted by Crippen LogP contribution is 2.27. The largest absolute Gasteiger partial charge is 0.501 e. The van der Waals surface area contributed by atoms with Crippen LogP contribution in [0.25, 0.3) is 5.69 Å². The Kier molecular flexibility index (Phi) is 5.41. The highest BCUT2D eigenvalue weighted by Gasteiger charge is 2.34. The lowest BCUT2D eigenvalue weighted by atomic mass is 10.1. The summed E-state index contributed by atoms with van der Waals surface area (Å²) in [5.41, 5.74) is -1.66. The van der Waals surface area contributed by atoms with Crippen molar-refractivity contribution in [3.8, 4) is 11.4 Å². The van der Waals surface area contributed by atoms with Crippen LogP contribution < -0.4 is 10.9 Å². The molecule has 13 heteroatoms. The highest BCUT2D eigenvalue weighted by molar-refractivity contribution is 5.94. The molecule has 1 aromatic carbocycles. The molecule has 0 fully saturated rings. The maximum Gasteiger partial charge on any atom is 0.375 e. The van der Waals surface area contributed by atoms with Gasteiger partial charge < -0.3 is 20.3 Å². The number of hydrogen-bond donors (Lipinski definition) is 3. The van der Waals surface area contributed by atoms with E-state index in [4.69, 9.17) is 9.84 Å². The van der Waals surface area contributed by atoms with E-state index in [-0.39, 0.29) is 31.2 Å². The maximum absolute atomic E-state index is 13.8. The molecule has 0 bridgehead atoms. The molecule has 3 N–H and O–H groups in total. The minimum Gasteiger partial charge on any atom is -0.501 e. The van der Waals surface area contributed by atoms with Crippen molar-refractivity contribution < 1.29 is 28.9 Å². The van der Waals surface area contributed by atoms with E-state index in [2.05, 4.69) is 20.4 Å². The van der Waals surface area contributed by atoms with Gasteiger partial charge in [0.1, 0.15) is 23.6 Å². The third-order valence-electron chi connectivity index (χ3n) is 5.09. The van der Waals surface area contributed by atoms with Gasteiger partial charge in [0.2, 0.25) is 5.75 Å². The average molecular weight is 458 g/mol. The van der Waals surface area contributed by atoms with Gasteiger partial charge >= 0.3 is 5.97 Å². The number of carboxylic acid groups (broad SMARTS) is 1. The Hall–Kier alpha value is -4.13. The Morgan fingerprint density at radius 2 is 2.09 bits per heavy atom. The number of hydrogen-bond acceptors (Lipinski definition) is 8. The Bertz CT molecular complexity index is 1330. The Morgan fingerprint density at radius 1 is 1.33 bits per heavy atom. The van der Waals surface area contributed by atoms with Gasteiger partial charge in [-0.25, -0.2) is 23.8 Å². The number of ether oxygens (including phenoxy) is 1. The van der Waals surface area contributed by atoms with E-state index in [0.717, 1.165) is 23.1 Å². The summed E-state index contributed by atoms with van der Waals surface area (Å²) < 4.78 is 21.8. The van der Waals surface area contributed by atoms with E-state index in [9.17, 15) is 23.9 Å². The first-order valence-corrected chi connectivity index (χ1v) is 9.78. The van der Waals surface area contributed by atoms with Crippen LogP contribution in [0.15, 0.2) is 29.3 Å². The normalized spacial score (nSPS) is 14.5. The second-order valence-corrected chi connectivity index (χ2v) is 7.72. The summed E-state index contributed by atoms with van der Waals surface area (Å²) >= 11 is 0. The van der Waals surface area contributed by atoms with Crippen LogP contribution in [0.3, 0.4) is 0 Å². The van der Waals surface area contributed by atoms with Gasteiger partial charge in [0.05, 0.1) is 18.8 Å². The molecule has 33 heavy (non-hydrogen) atoms. The Labute approximate surface area is 185 Å². The number of halogens is 1. The van der Waals surface area contributed by atoms with E-state index in [0.29, 0.717) is 5.56 Å². The number of aromatic nitrogens is 5. The molecular weight excluding hydrogens is 439 g/mol. The minimum absolute atomic E-state index is 0.146. The topological polar surface area (TPSA) is 161 Å². The number of carbonyl (C=O) groups excluding carboxylic acids is 1. The fourth-order valence-corrected chi connectivity index (χ4v) is 3.46. The summed E-state index contributed by atoms with van der Waals surface area (Å²) in [5, 5.41) is 25.6. The molecule has 0 spiro atoms. The van der Waals surface area contributed by atoms with E-state index in [1.807, 2.05) is 0 Å². The number of rotatable bonds is 5. The second kappa shape index (κ2) is 8.09. The van der Waals surface area contributed by atoms with Crippen LogP contribution in [0.2, 0.25) is 0 Å². The second-order valence-electron chi connectivity index (χ2n) is 7.72. The molecule has 0 radical (unpaired) electrons. The van der Waals surface area contributed by atoms with Gasteiger partial charge in [0.25, 0.3) is 17.3 Å². The molecule has 3 aromatic rings. The lowest BCUT2D eigenvalue weighted by Crippen LogP contribution is -2.42. The summed E-state index contributed by atoms with van der Waals surface area (Å²) in [6, 6.07) is 3.63. The van der Waals surface area contributed by atoms with Gasteiger partial charge in [-0.05, 0) is 31.5 Å². The number of carboxylic acids is 1. The first-order valence-electron chi connectivity index (χ1n) is 9.78. The van der Waals surface area contributed by atoms with Crippen LogP contribution in [0.1, 0.15) is 46.3 Å². The number of fused-ring (bicyclic) bond motifs is 1. The van der Waals surface area contributed by atoms with E-state index in [1.165, 1.54) is 10.6 Å². The van der Waals surface area contributed by atoms with Gasteiger partial charge in [-0.3, -0.25) is 14.2 Å². The van der Waals surface area contributed by atoms with Crippen LogP contribution in [0.5, 0.6) is 5.75 Å². The fourth-order valence-electron chi connectivity index (χ4n) is 3.46. The van der Waals surface area contributed by atoms with Crippen LogP contribution >= 0.6 is 0 Å². The van der Waals surface area contributed by atoms with Crippen LogP contribution in [0.4, 0.5) is 4.39 Å². The molecule has 1 aliphatic rings. The predicted molar refractivity (Wildman–Crippen MR) is 109 cm³/mol. The average Bonchev–Trinajstić information content (AvgIpc) is 3.25. The zero-order valence-corrected chi connectivity index (χ0v) is 17.6. The van der Waals surface area contributed by atoms with Crippen molar-refractivity contribution in [2.75, 3.05) is 6.61 Å². The molecule has 0 saturated heterocycles. The third kappa shape index (κ3) is 4.05. The van der Waals surface area contributed by atoms with Crippen molar-refractivity contribution in [2.45, 2.75) is 32.5 Å². The van der Waals surface area contributed by atoms with Crippen molar-refractivity contribution in [3.05, 3.63) is 63.6 Å². The SMILES string of the molecule is CC1(C)OCCn2c1nc(C(=O)NCc1ccc(F)cc1-n1cnc(C(=O)O)n1)c(O)c2=O. The number of nitrogens with one attached hydrogen (secondary N) is 1. The zero-order valence-electron chi connectivity index (χ0n) is 17.6. The molecule has 1 amide bonds. The number of amides is 1. The number of aromatic hydroxyl groups is 1. The fraction of sp³-hybridized carbons (Fsp3) is 0.300. The van der Waals surface area contributed by atoms with Crippen molar-refractivity contribution in [3.63, 3.8) is 0 Å². The first kappa shape index (κ1) is 22.1. The molecule has 4 rings (SSSR count). The van der Waals surface area contributed by atoms with Crippen LogP contribution in [0, 0.1) is 5.82 Å². The molecule has 12 nitrogen and oxygen atoms in total. The monoisotopic (exact) mass is 458 g/mol. The molecule has 3 heterocycles. The molecule has 0 unspecified atom stereocenters. The van der Waals surface area contributed by atoms with Crippen molar-refractivity contribution >= 4 is 11.9 Å². The Balaban J connectivity index is 1.63. The minimum atomic E-state index is -1.35. The quantitative estimate of drug-likeness (QED) is 0.496. The lowest BCUT2D eigenvalue weighted by Gasteiger charge is -2.32. The maximum atomic E-state index is 13.8. The lowest BCUT2D eigenvalue weighted by molar-refractivity contribution is -0.0566. The summed E-state index contributed by atoms with van der Waals surface area (Å²) in [6.45, 7) is 3.66. The van der Waals surface area contributed by atoms with Crippen molar-refractivity contribution in [1.82, 2.24) is 29.6 Å². The number of benzene rings is 1. The van der Waals surface area contributed by atoms with Crippen LogP contribution in [-0.2, 0) is 23.4 Å². The molecular formula is C20H19FN6O6. The van der Waals surface area contributed by atoms with E-state index in [1.54, 1.807) is 13.8 Å². The van der Waals surface area contributed by atoms with E-state index >= 15 is 0 Å². The van der Waals surface area contributed by atoms with Crippen molar-refractivity contribution in [2.24, 2.45) is 0 Å². The third-order valence-corrected chi connectivity index (χ3v) is 5.09. The summed E-state index contributed by atoms with van der Waals surface area (Å²) in [7, 11) is 0. The van der Waals surface area contributed by atoms with E-state index < -0.39 is 46.1 Å². The Morgan fingerprint density at radius 3 is 2.79 bits per heavy atom. The molecule has 0 aliphatic carbocycles. The molecule has 0 atom stereocenters. The number of nitrogens with zero attached hydrogens (tertiary/aromatic N) is 5. The van der Waals surface area contributed by atoms with Gasteiger partial charge in [-0.15, -0.1) is 5.10 Å². The van der Waals surface area contributed by atoms with Gasteiger partial charge in [-0.2, -0.15) is 0 Å². The van der Waals surface area contributed by atoms with Gasteiger partial charge in [0, 0.05) is 6.54 Å². The number of aromatic carboxylic acids is 1. The standard InChI is InChI=1S/C20H19FN6O6/c1-20(2)19-24-13(14(28)17(30)26(19)5-6-33-20)16(29)22-8-10-3-4-11(21)7-12(10)27-9-23-15(25-27)18(31)32/h3-4,7,9,28H,5-6,8H2,1-2H3,(H,22,29)(H,31,32). The van der Waals surface area contributed by atoms with Gasteiger partial charge in [0.15, 0.2) is 5.69 Å². The summed E-state index contributed by atoms with van der Waals surface area (Å²) in [4.78, 5) is 44.2. The first-order chi connectivity index (χ1) is 15.6. The number of carbonyl (C=O) groups is 2. The smallest absolute Gasteiger partial charge is 0.375 e. The molecule has 0 saturated carbocycles. The predicted octanol–water partition coefficient (Wildman–Crippen LogP) is 0.562. The van der Waals surface area contributed by atoms with Crippen molar-refractivity contribution in [1.29, 1.82) is 0 Å². The van der Waals surface area contributed by atoms with Crippen LogP contribution in [-0.4, -0.2) is 53.0 Å². The zero-order chi connectivity index (χ0) is 23.9. The molecule has 2 aromatic heterocycles. The highest BCUT2D eigenvalue weighted by atomic mass is 19.1. The summed E-state index contributed by atoms with van der Waals surface area (Å²) in [6.07, 6.45) is 1.10. The van der Waals surface area contributed by atoms with Gasteiger partial charge in [-0.1, -0.05) is 6.07 Å².